The lowest BCUT2D eigenvalue weighted by Crippen LogP contribution is -2.49. The number of carbonyl (C=O) groups is 1. The van der Waals surface area contributed by atoms with Gasteiger partial charge in [0.05, 0.1) is 9.50 Å². The molecule has 25 heavy (non-hydrogen) atoms. The van der Waals surface area contributed by atoms with Crippen molar-refractivity contribution in [3.05, 3.63) is 57.9 Å². The van der Waals surface area contributed by atoms with Gasteiger partial charge in [0, 0.05) is 37.8 Å². The molecule has 2 aromatic heterocycles. The summed E-state index contributed by atoms with van der Waals surface area (Å²) in [6, 6.07) is 11.3. The lowest BCUT2D eigenvalue weighted by atomic mass is 10.2. The fourth-order valence-corrected chi connectivity index (χ4v) is 3.56. The number of amides is 1. The molecule has 1 aliphatic heterocycles. The van der Waals surface area contributed by atoms with E-state index >= 15 is 0 Å². The van der Waals surface area contributed by atoms with Gasteiger partial charge in [-0.05, 0) is 40.2 Å². The monoisotopic (exact) mass is 419 g/mol. The average Bonchev–Trinajstić information content (AvgIpc) is 3.08. The van der Waals surface area contributed by atoms with Gasteiger partial charge < -0.3 is 14.2 Å². The molecule has 0 aliphatic carbocycles. The molecule has 1 fully saturated rings. The van der Waals surface area contributed by atoms with Crippen molar-refractivity contribution in [3.8, 4) is 0 Å². The zero-order valence-electron chi connectivity index (χ0n) is 13.3. The molecule has 0 N–H and O–H groups in total. The van der Waals surface area contributed by atoms with Crippen LogP contribution in [0.5, 0.6) is 0 Å². The van der Waals surface area contributed by atoms with E-state index in [-0.39, 0.29) is 5.91 Å². The van der Waals surface area contributed by atoms with Crippen molar-refractivity contribution in [2.45, 2.75) is 0 Å². The Morgan fingerprint density at radius 1 is 1.16 bits per heavy atom. The number of aromatic nitrogens is 1. The van der Waals surface area contributed by atoms with Crippen molar-refractivity contribution >= 4 is 50.2 Å². The summed E-state index contributed by atoms with van der Waals surface area (Å²) in [5.74, 6) is 1.18. The van der Waals surface area contributed by atoms with Crippen LogP contribution in [-0.2, 0) is 0 Å². The summed E-state index contributed by atoms with van der Waals surface area (Å²) in [7, 11) is 0. The Morgan fingerprint density at radius 2 is 1.96 bits per heavy atom. The minimum Gasteiger partial charge on any atom is -0.450 e. The first-order chi connectivity index (χ1) is 12.1. The number of hydrogen-bond acceptors (Lipinski definition) is 4. The molecule has 0 bridgehead atoms. The summed E-state index contributed by atoms with van der Waals surface area (Å²) >= 11 is 9.33. The van der Waals surface area contributed by atoms with Crippen molar-refractivity contribution in [1.29, 1.82) is 0 Å². The van der Waals surface area contributed by atoms with Gasteiger partial charge in [-0.3, -0.25) is 4.79 Å². The van der Waals surface area contributed by atoms with Crippen LogP contribution < -0.4 is 4.90 Å². The Labute approximate surface area is 158 Å². The van der Waals surface area contributed by atoms with Gasteiger partial charge in [0.1, 0.15) is 11.4 Å². The van der Waals surface area contributed by atoms with E-state index in [1.807, 2.05) is 35.2 Å². The van der Waals surface area contributed by atoms with Crippen LogP contribution in [0.1, 0.15) is 10.6 Å². The summed E-state index contributed by atoms with van der Waals surface area (Å²) in [6.07, 6.45) is 1.64. The van der Waals surface area contributed by atoms with E-state index < -0.39 is 0 Å². The first-order valence-electron chi connectivity index (χ1n) is 7.95. The fourth-order valence-electron chi connectivity index (χ4n) is 2.98. The highest BCUT2D eigenvalue weighted by molar-refractivity contribution is 9.10. The Hall–Kier alpha value is -2.05. The Kier molecular flexibility index (Phi) is 4.39. The molecule has 1 saturated heterocycles. The molecule has 5 nitrogen and oxygen atoms in total. The minimum absolute atomic E-state index is 0.0770. The normalized spacial score (nSPS) is 15.0. The van der Waals surface area contributed by atoms with Gasteiger partial charge >= 0.3 is 0 Å². The second-order valence-electron chi connectivity index (χ2n) is 5.88. The third-order valence-electron chi connectivity index (χ3n) is 4.31. The minimum atomic E-state index is -0.0770. The molecule has 1 aromatic carbocycles. The van der Waals surface area contributed by atoms with Gasteiger partial charge in [0.2, 0.25) is 0 Å². The van der Waals surface area contributed by atoms with Crippen LogP contribution in [0.2, 0.25) is 5.02 Å². The summed E-state index contributed by atoms with van der Waals surface area (Å²) in [5.41, 5.74) is 0.704. The second kappa shape index (κ2) is 6.69. The molecule has 128 valence electrons. The molecule has 7 heteroatoms. The number of piperazine rings is 1. The van der Waals surface area contributed by atoms with Crippen molar-refractivity contribution in [3.63, 3.8) is 0 Å². The topological polar surface area (TPSA) is 49.6 Å². The molecule has 1 aliphatic rings. The predicted molar refractivity (Wildman–Crippen MR) is 101 cm³/mol. The fraction of sp³-hybridized carbons (Fsp3) is 0.222. The number of carbonyl (C=O) groups excluding carboxylic acids is 1. The van der Waals surface area contributed by atoms with E-state index in [2.05, 4.69) is 25.8 Å². The maximum absolute atomic E-state index is 12.7. The van der Waals surface area contributed by atoms with Gasteiger partial charge in [0.15, 0.2) is 5.76 Å². The van der Waals surface area contributed by atoms with Crippen LogP contribution in [0.4, 0.5) is 5.82 Å². The maximum Gasteiger partial charge on any atom is 0.289 e. The first kappa shape index (κ1) is 16.4. The number of nitrogens with zero attached hydrogens (tertiary/aromatic N) is 3. The summed E-state index contributed by atoms with van der Waals surface area (Å²) in [4.78, 5) is 21.0. The highest BCUT2D eigenvalue weighted by Gasteiger charge is 2.25. The SMILES string of the molecule is O=C(c1cc2cccc(Br)c2o1)N1CCN(c2ccc(Cl)cn2)CC1. The molecule has 0 radical (unpaired) electrons. The van der Waals surface area contributed by atoms with Gasteiger partial charge in [0.25, 0.3) is 5.91 Å². The van der Waals surface area contributed by atoms with Gasteiger partial charge in [-0.1, -0.05) is 23.7 Å². The van der Waals surface area contributed by atoms with E-state index in [1.165, 1.54) is 0 Å². The van der Waals surface area contributed by atoms with E-state index in [4.69, 9.17) is 16.0 Å². The number of rotatable bonds is 2. The molecule has 0 unspecified atom stereocenters. The third kappa shape index (κ3) is 3.24. The number of hydrogen-bond donors (Lipinski definition) is 0. The van der Waals surface area contributed by atoms with Crippen LogP contribution >= 0.6 is 27.5 Å². The number of fused-ring (bicyclic) bond motifs is 1. The molecule has 0 spiro atoms. The van der Waals surface area contributed by atoms with E-state index in [1.54, 1.807) is 12.3 Å². The van der Waals surface area contributed by atoms with E-state index in [0.717, 1.165) is 28.8 Å². The molecule has 3 aromatic rings. The number of furan rings is 1. The Balaban J connectivity index is 1.47. The largest absolute Gasteiger partial charge is 0.450 e. The van der Waals surface area contributed by atoms with E-state index in [9.17, 15) is 4.79 Å². The van der Waals surface area contributed by atoms with Crippen LogP contribution in [0.25, 0.3) is 11.0 Å². The molecule has 3 heterocycles. The second-order valence-corrected chi connectivity index (χ2v) is 7.17. The molecular weight excluding hydrogens is 406 g/mol. The van der Waals surface area contributed by atoms with Crippen LogP contribution in [0.3, 0.4) is 0 Å². The highest BCUT2D eigenvalue weighted by Crippen LogP contribution is 2.28. The molecule has 1 amide bonds. The van der Waals surface area contributed by atoms with Gasteiger partial charge in [-0.25, -0.2) is 4.98 Å². The zero-order valence-corrected chi connectivity index (χ0v) is 15.6. The Morgan fingerprint density at radius 3 is 2.64 bits per heavy atom. The lowest BCUT2D eigenvalue weighted by molar-refractivity contribution is 0.0717. The van der Waals surface area contributed by atoms with Crippen molar-refractivity contribution < 1.29 is 9.21 Å². The molecular formula is C18H15BrClN3O2. The van der Waals surface area contributed by atoms with Crippen molar-refractivity contribution in [1.82, 2.24) is 9.88 Å². The first-order valence-corrected chi connectivity index (χ1v) is 9.13. The van der Waals surface area contributed by atoms with Crippen LogP contribution in [0.15, 0.2) is 51.5 Å². The third-order valence-corrected chi connectivity index (χ3v) is 5.16. The molecule has 0 atom stereocenters. The van der Waals surface area contributed by atoms with Crippen LogP contribution in [-0.4, -0.2) is 42.0 Å². The smallest absolute Gasteiger partial charge is 0.289 e. The number of pyridine rings is 1. The number of anilines is 1. The zero-order chi connectivity index (χ0) is 17.4. The van der Waals surface area contributed by atoms with Crippen molar-refractivity contribution in [2.24, 2.45) is 0 Å². The quantitative estimate of drug-likeness (QED) is 0.623. The summed E-state index contributed by atoms with van der Waals surface area (Å²) in [6.45, 7) is 2.71. The average molecular weight is 421 g/mol. The van der Waals surface area contributed by atoms with Crippen LogP contribution in [0, 0.1) is 0 Å². The predicted octanol–water partition coefficient (Wildman–Crippen LogP) is 4.21. The number of benzene rings is 1. The Bertz CT molecular complexity index is 918. The lowest BCUT2D eigenvalue weighted by Gasteiger charge is -2.35. The maximum atomic E-state index is 12.7. The number of halogens is 2. The summed E-state index contributed by atoms with van der Waals surface area (Å²) in [5, 5.41) is 1.54. The highest BCUT2D eigenvalue weighted by atomic mass is 79.9. The van der Waals surface area contributed by atoms with E-state index in [0.29, 0.717) is 29.5 Å². The number of para-hydroxylation sites is 1. The van der Waals surface area contributed by atoms with Gasteiger partial charge in [-0.15, -0.1) is 0 Å². The van der Waals surface area contributed by atoms with Gasteiger partial charge in [-0.2, -0.15) is 0 Å². The van der Waals surface area contributed by atoms with Crippen molar-refractivity contribution in [2.75, 3.05) is 31.1 Å². The standard InChI is InChI=1S/C18H15BrClN3O2/c19-14-3-1-2-12-10-15(25-17(12)14)18(24)23-8-6-22(7-9-23)16-5-4-13(20)11-21-16/h1-5,10-11H,6-9H2. The molecule has 0 saturated carbocycles. The molecule has 4 rings (SSSR count). The summed E-state index contributed by atoms with van der Waals surface area (Å²) < 4.78 is 6.61.